The van der Waals surface area contributed by atoms with Crippen molar-refractivity contribution in [2.75, 3.05) is 13.3 Å². The van der Waals surface area contributed by atoms with Crippen LogP contribution in [0.3, 0.4) is 0 Å². The average Bonchev–Trinajstić information content (AvgIpc) is 2.45. The van der Waals surface area contributed by atoms with Gasteiger partial charge in [-0.3, -0.25) is 4.79 Å². The monoisotopic (exact) mass is 329 g/mol. The van der Waals surface area contributed by atoms with Crippen molar-refractivity contribution in [2.45, 2.75) is 43.0 Å². The largest absolute Gasteiger partial charge is 0.339 e. The second kappa shape index (κ2) is 6.36. The van der Waals surface area contributed by atoms with Crippen LogP contribution in [0, 0.1) is 0 Å². The number of hydrogen-bond donors (Lipinski definition) is 0. The first-order valence-electron chi connectivity index (χ1n) is 7.08. The summed E-state index contributed by atoms with van der Waals surface area (Å²) in [6.45, 7) is 0. The summed E-state index contributed by atoms with van der Waals surface area (Å²) in [6, 6.07) is 4.70. The highest BCUT2D eigenvalue weighted by atomic mass is 35.5. The van der Waals surface area contributed by atoms with Crippen molar-refractivity contribution in [2.24, 2.45) is 0 Å². The predicted octanol–water partition coefficient (Wildman–Crippen LogP) is 3.15. The molecule has 1 aliphatic carbocycles. The lowest BCUT2D eigenvalue weighted by atomic mass is 9.94. The molecule has 21 heavy (non-hydrogen) atoms. The van der Waals surface area contributed by atoms with E-state index in [0.29, 0.717) is 0 Å². The number of rotatable bonds is 3. The van der Waals surface area contributed by atoms with Crippen molar-refractivity contribution in [3.05, 3.63) is 28.8 Å². The van der Waals surface area contributed by atoms with Gasteiger partial charge in [-0.2, -0.15) is 0 Å². The van der Waals surface area contributed by atoms with Gasteiger partial charge < -0.3 is 4.90 Å². The van der Waals surface area contributed by atoms with Crippen LogP contribution in [0.1, 0.15) is 42.5 Å². The third kappa shape index (κ3) is 3.58. The van der Waals surface area contributed by atoms with E-state index in [-0.39, 0.29) is 27.4 Å². The molecule has 1 aliphatic rings. The Morgan fingerprint density at radius 2 is 1.86 bits per heavy atom. The summed E-state index contributed by atoms with van der Waals surface area (Å²) < 4.78 is 23.8. The first-order chi connectivity index (χ1) is 9.82. The topological polar surface area (TPSA) is 54.5 Å². The van der Waals surface area contributed by atoms with Crippen LogP contribution in [0.2, 0.25) is 5.02 Å². The molecule has 1 aromatic carbocycles. The molecule has 1 aromatic rings. The molecule has 0 unspecified atom stereocenters. The van der Waals surface area contributed by atoms with Crippen LogP contribution in [0.5, 0.6) is 0 Å². The molecule has 0 aromatic heterocycles. The fourth-order valence-corrected chi connectivity index (χ4v) is 4.04. The molecule has 116 valence electrons. The molecular formula is C15H20ClNO3S. The van der Waals surface area contributed by atoms with Crippen molar-refractivity contribution in [1.82, 2.24) is 4.90 Å². The summed E-state index contributed by atoms with van der Waals surface area (Å²) in [5.41, 5.74) is 0.0924. The summed E-state index contributed by atoms with van der Waals surface area (Å²) in [5.74, 6) is -0.312. The molecule has 0 atom stereocenters. The number of nitrogens with zero attached hydrogens (tertiary/aromatic N) is 1. The van der Waals surface area contributed by atoms with Crippen LogP contribution in [-0.2, 0) is 9.84 Å². The van der Waals surface area contributed by atoms with E-state index < -0.39 is 9.84 Å². The lowest BCUT2D eigenvalue weighted by Gasteiger charge is -2.31. The predicted molar refractivity (Wildman–Crippen MR) is 83.5 cm³/mol. The second-order valence-electron chi connectivity index (χ2n) is 5.59. The molecule has 0 radical (unpaired) electrons. The zero-order valence-electron chi connectivity index (χ0n) is 12.3. The van der Waals surface area contributed by atoms with Crippen LogP contribution >= 0.6 is 11.6 Å². The van der Waals surface area contributed by atoms with Crippen molar-refractivity contribution in [1.29, 1.82) is 0 Å². The Hall–Kier alpha value is -1.07. The summed E-state index contributed by atoms with van der Waals surface area (Å²) in [5, 5.41) is 0.186. The van der Waals surface area contributed by atoms with Gasteiger partial charge in [-0.15, -0.1) is 0 Å². The molecule has 0 saturated heterocycles. The van der Waals surface area contributed by atoms with Gasteiger partial charge in [0.15, 0.2) is 9.84 Å². The Morgan fingerprint density at radius 1 is 1.24 bits per heavy atom. The first-order valence-corrected chi connectivity index (χ1v) is 9.35. The number of benzene rings is 1. The van der Waals surface area contributed by atoms with E-state index in [4.69, 9.17) is 11.6 Å². The lowest BCUT2D eigenvalue weighted by Crippen LogP contribution is -2.39. The van der Waals surface area contributed by atoms with Gasteiger partial charge in [0.05, 0.1) is 15.5 Å². The number of carbonyl (C=O) groups is 1. The second-order valence-corrected chi connectivity index (χ2v) is 7.98. The molecule has 0 N–H and O–H groups in total. The highest BCUT2D eigenvalue weighted by molar-refractivity contribution is 7.90. The van der Waals surface area contributed by atoms with Gasteiger partial charge in [0.2, 0.25) is 0 Å². The first kappa shape index (κ1) is 16.3. The number of carbonyl (C=O) groups excluding carboxylic acids is 1. The van der Waals surface area contributed by atoms with Gasteiger partial charge in [-0.05, 0) is 25.0 Å². The summed E-state index contributed by atoms with van der Waals surface area (Å²) in [6.07, 6.45) is 6.41. The number of amides is 1. The van der Waals surface area contributed by atoms with Crippen LogP contribution in [-0.4, -0.2) is 38.6 Å². The summed E-state index contributed by atoms with van der Waals surface area (Å²) in [7, 11) is -1.77. The van der Waals surface area contributed by atoms with E-state index in [1.54, 1.807) is 24.1 Å². The van der Waals surface area contributed by atoms with Gasteiger partial charge in [0.25, 0.3) is 5.91 Å². The average molecular weight is 330 g/mol. The molecule has 1 amide bonds. The zero-order chi connectivity index (χ0) is 15.6. The fourth-order valence-electron chi connectivity index (χ4n) is 2.83. The van der Waals surface area contributed by atoms with Crippen molar-refractivity contribution in [3.8, 4) is 0 Å². The molecule has 0 heterocycles. The highest BCUT2D eigenvalue weighted by Gasteiger charge is 2.28. The third-order valence-corrected chi connectivity index (χ3v) is 5.49. The maximum atomic E-state index is 12.7. The Balaban J connectivity index is 2.39. The fraction of sp³-hybridized carbons (Fsp3) is 0.533. The molecule has 4 nitrogen and oxygen atoms in total. The summed E-state index contributed by atoms with van der Waals surface area (Å²) in [4.78, 5) is 14.4. The molecule has 1 fully saturated rings. The standard InChI is InChI=1S/C15H20ClNO3S/c1-17(11-7-4-3-5-8-11)15(18)14-12(16)9-6-10-13(14)21(2,19)20/h6,9-11H,3-5,7-8H2,1-2H3. The minimum absolute atomic E-state index is 0.00246. The Morgan fingerprint density at radius 3 is 2.43 bits per heavy atom. The quantitative estimate of drug-likeness (QED) is 0.856. The van der Waals surface area contributed by atoms with E-state index in [1.807, 2.05) is 0 Å². The number of halogens is 1. The smallest absolute Gasteiger partial charge is 0.256 e. The molecule has 1 saturated carbocycles. The third-order valence-electron chi connectivity index (χ3n) is 4.03. The van der Waals surface area contributed by atoms with Gasteiger partial charge in [0, 0.05) is 19.3 Å². The maximum Gasteiger partial charge on any atom is 0.256 e. The Bertz CT molecular complexity index is 636. The van der Waals surface area contributed by atoms with Crippen LogP contribution in [0.25, 0.3) is 0 Å². The van der Waals surface area contributed by atoms with E-state index in [1.165, 1.54) is 12.5 Å². The van der Waals surface area contributed by atoms with Crippen molar-refractivity contribution in [3.63, 3.8) is 0 Å². The van der Waals surface area contributed by atoms with Crippen molar-refractivity contribution >= 4 is 27.3 Å². The maximum absolute atomic E-state index is 12.7. The molecule has 0 spiro atoms. The Kier molecular flexibility index (Phi) is 4.94. The minimum atomic E-state index is -3.50. The number of hydrogen-bond acceptors (Lipinski definition) is 3. The van der Waals surface area contributed by atoms with Crippen LogP contribution < -0.4 is 0 Å². The molecule has 0 bridgehead atoms. The van der Waals surface area contributed by atoms with Crippen molar-refractivity contribution < 1.29 is 13.2 Å². The van der Waals surface area contributed by atoms with Crippen LogP contribution in [0.4, 0.5) is 0 Å². The normalized spacial score (nSPS) is 16.7. The molecular weight excluding hydrogens is 310 g/mol. The molecule has 2 rings (SSSR count). The van der Waals surface area contributed by atoms with Gasteiger partial charge in [-0.1, -0.05) is 36.9 Å². The SMILES string of the molecule is CN(C(=O)c1c(Cl)cccc1S(C)(=O)=O)C1CCCCC1. The minimum Gasteiger partial charge on any atom is -0.339 e. The van der Waals surface area contributed by atoms with Gasteiger partial charge in [-0.25, -0.2) is 8.42 Å². The van der Waals surface area contributed by atoms with E-state index in [2.05, 4.69) is 0 Å². The number of sulfone groups is 1. The van der Waals surface area contributed by atoms with E-state index in [0.717, 1.165) is 31.9 Å². The zero-order valence-corrected chi connectivity index (χ0v) is 13.9. The highest BCUT2D eigenvalue weighted by Crippen LogP contribution is 2.28. The summed E-state index contributed by atoms with van der Waals surface area (Å²) >= 11 is 6.10. The van der Waals surface area contributed by atoms with E-state index in [9.17, 15) is 13.2 Å². The van der Waals surface area contributed by atoms with Gasteiger partial charge in [0.1, 0.15) is 0 Å². The van der Waals surface area contributed by atoms with E-state index >= 15 is 0 Å². The molecule has 6 heteroatoms. The Labute approximate surface area is 131 Å². The molecule has 0 aliphatic heterocycles. The van der Waals surface area contributed by atoms with Crippen LogP contribution in [0.15, 0.2) is 23.1 Å². The van der Waals surface area contributed by atoms with Gasteiger partial charge >= 0.3 is 0 Å². The lowest BCUT2D eigenvalue weighted by molar-refractivity contribution is 0.0692.